The molecule has 58 valence electrons. The van der Waals surface area contributed by atoms with Crippen LogP contribution in [0.15, 0.2) is 4.99 Å². The lowest BCUT2D eigenvalue weighted by atomic mass is 10.2. The number of hydrogen-bond donors (Lipinski definition) is 1. The first kappa shape index (κ1) is 9.14. The molecule has 0 aliphatic rings. The highest BCUT2D eigenvalue weighted by Gasteiger charge is 1.99. The van der Waals surface area contributed by atoms with E-state index in [1.165, 1.54) is 0 Å². The van der Waals surface area contributed by atoms with E-state index in [-0.39, 0.29) is 5.92 Å². The van der Waals surface area contributed by atoms with Crippen molar-refractivity contribution in [1.29, 1.82) is 5.41 Å². The van der Waals surface area contributed by atoms with Crippen molar-refractivity contribution < 1.29 is 4.74 Å². The molecule has 0 fully saturated rings. The molecule has 0 unspecified atom stereocenters. The fraction of sp³-hybridized carbons (Fsp3) is 0.714. The highest BCUT2D eigenvalue weighted by molar-refractivity contribution is 5.92. The Morgan fingerprint density at radius 1 is 1.50 bits per heavy atom. The number of aliphatic imine (C=N–C) groups is 1. The predicted octanol–water partition coefficient (Wildman–Crippen LogP) is 1.68. The van der Waals surface area contributed by atoms with Crippen molar-refractivity contribution in [3.05, 3.63) is 0 Å². The van der Waals surface area contributed by atoms with Crippen LogP contribution in [-0.4, -0.2) is 18.8 Å². The van der Waals surface area contributed by atoms with E-state index < -0.39 is 0 Å². The van der Waals surface area contributed by atoms with Crippen LogP contribution in [0.25, 0.3) is 0 Å². The highest BCUT2D eigenvalue weighted by Crippen LogP contribution is 1.96. The van der Waals surface area contributed by atoms with Crippen LogP contribution in [0.4, 0.5) is 0 Å². The Hall–Kier alpha value is -0.860. The van der Waals surface area contributed by atoms with E-state index in [1.807, 2.05) is 13.8 Å². The third kappa shape index (κ3) is 3.22. The minimum atomic E-state index is 0.171. The second-order valence-corrected chi connectivity index (χ2v) is 2.37. The van der Waals surface area contributed by atoms with Crippen LogP contribution in [0.1, 0.15) is 20.8 Å². The number of ether oxygens (including phenoxy) is 1. The van der Waals surface area contributed by atoms with Crippen LogP contribution in [-0.2, 0) is 4.74 Å². The van der Waals surface area contributed by atoms with Crippen LogP contribution < -0.4 is 0 Å². The first-order valence-electron chi connectivity index (χ1n) is 3.25. The van der Waals surface area contributed by atoms with E-state index in [9.17, 15) is 0 Å². The smallest absolute Gasteiger partial charge is 0.186 e. The zero-order valence-corrected chi connectivity index (χ0v) is 6.93. The highest BCUT2D eigenvalue weighted by atomic mass is 16.5. The Kier molecular flexibility index (Phi) is 3.69. The molecule has 1 N–H and O–H groups in total. The fourth-order valence-electron chi connectivity index (χ4n) is 0.344. The topological polar surface area (TPSA) is 45.4 Å². The average molecular weight is 142 g/mol. The molecule has 0 spiro atoms. The lowest BCUT2D eigenvalue weighted by Crippen LogP contribution is -2.06. The SMILES string of the molecule is COC(C)=NC(=N)C(C)C. The van der Waals surface area contributed by atoms with E-state index in [0.29, 0.717) is 11.7 Å². The maximum absolute atomic E-state index is 7.31. The van der Waals surface area contributed by atoms with Gasteiger partial charge < -0.3 is 4.74 Å². The van der Waals surface area contributed by atoms with Crippen LogP contribution in [0.5, 0.6) is 0 Å². The van der Waals surface area contributed by atoms with Crippen LogP contribution in [0.3, 0.4) is 0 Å². The number of hydrogen-bond acceptors (Lipinski definition) is 2. The number of methoxy groups -OCH3 is 1. The van der Waals surface area contributed by atoms with Crippen molar-refractivity contribution in [1.82, 2.24) is 0 Å². The first-order chi connectivity index (χ1) is 4.57. The van der Waals surface area contributed by atoms with Gasteiger partial charge in [-0.3, -0.25) is 5.41 Å². The molecule has 3 heteroatoms. The number of nitrogens with one attached hydrogen (secondary N) is 1. The second kappa shape index (κ2) is 4.04. The average Bonchev–Trinajstić information content (AvgIpc) is 1.87. The molecule has 0 radical (unpaired) electrons. The van der Waals surface area contributed by atoms with E-state index in [1.54, 1.807) is 14.0 Å². The lowest BCUT2D eigenvalue weighted by Gasteiger charge is -2.02. The molecule has 3 nitrogen and oxygen atoms in total. The summed E-state index contributed by atoms with van der Waals surface area (Å²) in [4.78, 5) is 3.87. The molecule has 0 aromatic carbocycles. The van der Waals surface area contributed by atoms with Gasteiger partial charge in [0.25, 0.3) is 0 Å². The Morgan fingerprint density at radius 2 is 2.00 bits per heavy atom. The molecule has 0 aliphatic carbocycles. The normalized spacial score (nSPS) is 11.9. The van der Waals surface area contributed by atoms with Gasteiger partial charge in [0.1, 0.15) is 5.84 Å². The zero-order valence-electron chi connectivity index (χ0n) is 6.93. The predicted molar refractivity (Wildman–Crippen MR) is 42.7 cm³/mol. The Morgan fingerprint density at radius 3 is 2.30 bits per heavy atom. The van der Waals surface area contributed by atoms with Crippen LogP contribution >= 0.6 is 0 Å². The summed E-state index contributed by atoms with van der Waals surface area (Å²) < 4.78 is 4.78. The first-order valence-corrected chi connectivity index (χ1v) is 3.25. The van der Waals surface area contributed by atoms with Gasteiger partial charge in [-0.15, -0.1) is 0 Å². The molecule has 0 aromatic rings. The maximum Gasteiger partial charge on any atom is 0.186 e. The van der Waals surface area contributed by atoms with Crippen molar-refractivity contribution >= 4 is 11.7 Å². The molecule has 0 heterocycles. The molecule has 0 bridgehead atoms. The molecule has 0 aromatic heterocycles. The van der Waals surface area contributed by atoms with Crippen LogP contribution in [0.2, 0.25) is 0 Å². The van der Waals surface area contributed by atoms with Crippen LogP contribution in [0, 0.1) is 11.3 Å². The quantitative estimate of drug-likeness (QED) is 0.439. The second-order valence-electron chi connectivity index (χ2n) is 2.37. The van der Waals surface area contributed by atoms with Gasteiger partial charge in [0.15, 0.2) is 5.90 Å². The minimum Gasteiger partial charge on any atom is -0.484 e. The number of rotatable bonds is 1. The minimum absolute atomic E-state index is 0.171. The molecular formula is C7H14N2O. The molecule has 0 atom stereocenters. The standard InChI is InChI=1S/C7H14N2O/c1-5(2)7(8)9-6(3)10-4/h5,8H,1-4H3. The number of nitrogens with zero attached hydrogens (tertiary/aromatic N) is 1. The van der Waals surface area contributed by atoms with E-state index in [4.69, 9.17) is 10.1 Å². The molecule has 0 amide bonds. The van der Waals surface area contributed by atoms with Gasteiger partial charge in [0, 0.05) is 12.8 Å². The van der Waals surface area contributed by atoms with Gasteiger partial charge in [-0.2, -0.15) is 0 Å². The van der Waals surface area contributed by atoms with E-state index >= 15 is 0 Å². The summed E-state index contributed by atoms with van der Waals surface area (Å²) in [6.07, 6.45) is 0. The monoisotopic (exact) mass is 142 g/mol. The summed E-state index contributed by atoms with van der Waals surface area (Å²) in [6.45, 7) is 5.58. The van der Waals surface area contributed by atoms with E-state index in [2.05, 4.69) is 4.99 Å². The third-order valence-electron chi connectivity index (χ3n) is 1.12. The molecule has 0 saturated carbocycles. The summed E-state index contributed by atoms with van der Waals surface area (Å²) >= 11 is 0. The lowest BCUT2D eigenvalue weighted by molar-refractivity contribution is 0.400. The Balaban J connectivity index is 4.00. The summed E-state index contributed by atoms with van der Waals surface area (Å²) in [7, 11) is 1.55. The van der Waals surface area contributed by atoms with Gasteiger partial charge >= 0.3 is 0 Å². The largest absolute Gasteiger partial charge is 0.484 e. The van der Waals surface area contributed by atoms with E-state index in [0.717, 1.165) is 0 Å². The van der Waals surface area contributed by atoms with Gasteiger partial charge in [-0.1, -0.05) is 13.8 Å². The van der Waals surface area contributed by atoms with Gasteiger partial charge in [-0.25, -0.2) is 4.99 Å². The molecule has 0 rings (SSSR count). The summed E-state index contributed by atoms with van der Waals surface area (Å²) in [5, 5.41) is 7.31. The Bertz CT molecular complexity index is 150. The maximum atomic E-state index is 7.31. The van der Waals surface area contributed by atoms with Crippen molar-refractivity contribution in [2.24, 2.45) is 10.9 Å². The summed E-state index contributed by atoms with van der Waals surface area (Å²) in [5.41, 5.74) is 0. The van der Waals surface area contributed by atoms with Gasteiger partial charge in [0.2, 0.25) is 0 Å². The Labute approximate surface area is 61.6 Å². The van der Waals surface area contributed by atoms with Gasteiger partial charge in [-0.05, 0) is 0 Å². The fourth-order valence-corrected chi connectivity index (χ4v) is 0.344. The third-order valence-corrected chi connectivity index (χ3v) is 1.12. The van der Waals surface area contributed by atoms with Crippen molar-refractivity contribution in [3.8, 4) is 0 Å². The zero-order chi connectivity index (χ0) is 8.15. The van der Waals surface area contributed by atoms with Crippen molar-refractivity contribution in [2.45, 2.75) is 20.8 Å². The molecule has 0 aliphatic heterocycles. The molecule has 0 saturated heterocycles. The van der Waals surface area contributed by atoms with Gasteiger partial charge in [0.05, 0.1) is 7.11 Å². The molecule has 10 heavy (non-hydrogen) atoms. The summed E-state index contributed by atoms with van der Waals surface area (Å²) in [6, 6.07) is 0. The van der Waals surface area contributed by atoms with Crippen molar-refractivity contribution in [3.63, 3.8) is 0 Å². The van der Waals surface area contributed by atoms with Crippen molar-refractivity contribution in [2.75, 3.05) is 7.11 Å². The summed E-state index contributed by atoms with van der Waals surface area (Å²) in [5.74, 6) is 1.07. The molecular weight excluding hydrogens is 128 g/mol. The number of amidine groups is 1.